The highest BCUT2D eigenvalue weighted by Gasteiger charge is 2.24. The van der Waals surface area contributed by atoms with Crippen molar-refractivity contribution in [1.29, 1.82) is 0 Å². The summed E-state index contributed by atoms with van der Waals surface area (Å²) >= 11 is 1.80. The van der Waals surface area contributed by atoms with E-state index in [1.807, 2.05) is 12.3 Å². The van der Waals surface area contributed by atoms with Crippen LogP contribution in [0.15, 0.2) is 35.6 Å². The molecule has 3 aliphatic rings. The van der Waals surface area contributed by atoms with Gasteiger partial charge < -0.3 is 14.4 Å². The smallest absolute Gasteiger partial charge is 0.231 e. The second-order valence-corrected chi connectivity index (χ2v) is 9.49. The van der Waals surface area contributed by atoms with Crippen LogP contribution >= 0.6 is 11.8 Å². The molecule has 2 aromatic rings. The maximum atomic E-state index is 5.53. The van der Waals surface area contributed by atoms with Crippen molar-refractivity contribution in [3.8, 4) is 11.5 Å². The fourth-order valence-corrected chi connectivity index (χ4v) is 5.50. The molecule has 0 aliphatic carbocycles. The summed E-state index contributed by atoms with van der Waals surface area (Å²) in [4.78, 5) is 14.5. The maximum Gasteiger partial charge on any atom is 0.231 e. The Morgan fingerprint density at radius 1 is 1.00 bits per heavy atom. The molecule has 30 heavy (non-hydrogen) atoms. The fourth-order valence-electron chi connectivity index (χ4n) is 4.66. The summed E-state index contributed by atoms with van der Waals surface area (Å²) in [5.41, 5.74) is 2.48. The molecule has 160 valence electrons. The molecule has 1 aromatic heterocycles. The Labute approximate surface area is 183 Å². The maximum absolute atomic E-state index is 5.53. The van der Waals surface area contributed by atoms with Crippen molar-refractivity contribution in [2.75, 3.05) is 45.3 Å². The monoisotopic (exact) mass is 426 g/mol. The fraction of sp³-hybridized carbons (Fsp3) is 0.565. The Morgan fingerprint density at radius 2 is 1.87 bits per heavy atom. The summed E-state index contributed by atoms with van der Waals surface area (Å²) in [5, 5.41) is 0.930. The molecule has 1 atom stereocenters. The minimum atomic E-state index is 0.330. The van der Waals surface area contributed by atoms with Crippen molar-refractivity contribution in [3.63, 3.8) is 0 Å². The topological polar surface area (TPSA) is 50.7 Å². The molecule has 1 aromatic carbocycles. The second kappa shape index (κ2) is 9.54. The lowest BCUT2D eigenvalue weighted by atomic mass is 9.94. The molecule has 5 rings (SSSR count). The van der Waals surface area contributed by atoms with Crippen LogP contribution in [-0.4, -0.2) is 65.0 Å². The molecule has 0 radical (unpaired) electrons. The largest absolute Gasteiger partial charge is 0.454 e. The lowest BCUT2D eigenvalue weighted by Gasteiger charge is -2.32. The summed E-state index contributed by atoms with van der Waals surface area (Å²) in [6.07, 6.45) is 7.04. The normalized spacial score (nSPS) is 21.9. The zero-order chi connectivity index (χ0) is 20.2. The van der Waals surface area contributed by atoms with Gasteiger partial charge in [0.1, 0.15) is 0 Å². The van der Waals surface area contributed by atoms with Gasteiger partial charge in [0, 0.05) is 43.2 Å². The van der Waals surface area contributed by atoms with E-state index in [1.54, 1.807) is 11.8 Å². The molecule has 2 fully saturated rings. The number of hydrogen-bond donors (Lipinski definition) is 0. The number of benzene rings is 1. The summed E-state index contributed by atoms with van der Waals surface area (Å²) in [7, 11) is 0. The molecular weight excluding hydrogens is 396 g/mol. The number of piperidine rings is 1. The standard InChI is InChI=1S/C23H30N4O2S/c1-2-10-26(9-1)12-13-30-23-24-8-7-20(25-23)19-4-3-11-27(16-19)15-18-5-6-21-22(14-18)29-17-28-21/h5-8,14,19H,1-4,9-13,15-17H2/t19-/m1/s1. The van der Waals surface area contributed by atoms with E-state index in [-0.39, 0.29) is 0 Å². The van der Waals surface area contributed by atoms with Crippen LogP contribution in [-0.2, 0) is 6.54 Å². The van der Waals surface area contributed by atoms with Crippen molar-refractivity contribution in [1.82, 2.24) is 19.8 Å². The third-order valence-corrected chi connectivity index (χ3v) is 7.10. The first-order valence-corrected chi connectivity index (χ1v) is 12.1. The second-order valence-electron chi connectivity index (χ2n) is 8.42. The highest BCUT2D eigenvalue weighted by Crippen LogP contribution is 2.34. The number of thioether (sulfide) groups is 1. The Bertz CT molecular complexity index is 859. The van der Waals surface area contributed by atoms with Crippen LogP contribution in [0.3, 0.4) is 0 Å². The lowest BCUT2D eigenvalue weighted by Crippen LogP contribution is -2.34. The van der Waals surface area contributed by atoms with Gasteiger partial charge in [-0.3, -0.25) is 4.90 Å². The van der Waals surface area contributed by atoms with Gasteiger partial charge in [0.25, 0.3) is 0 Å². The van der Waals surface area contributed by atoms with Crippen LogP contribution in [0.1, 0.15) is 42.9 Å². The van der Waals surface area contributed by atoms with Gasteiger partial charge in [-0.15, -0.1) is 0 Å². The number of aromatic nitrogens is 2. The summed E-state index contributed by atoms with van der Waals surface area (Å²) in [5.74, 6) is 3.27. The zero-order valence-electron chi connectivity index (χ0n) is 17.5. The zero-order valence-corrected chi connectivity index (χ0v) is 18.3. The third kappa shape index (κ3) is 4.90. The van der Waals surface area contributed by atoms with E-state index >= 15 is 0 Å². The number of hydrogen-bond acceptors (Lipinski definition) is 7. The highest BCUT2D eigenvalue weighted by atomic mass is 32.2. The van der Waals surface area contributed by atoms with Crippen LogP contribution in [0.5, 0.6) is 11.5 Å². The van der Waals surface area contributed by atoms with Crippen LogP contribution in [0.25, 0.3) is 0 Å². The summed E-state index contributed by atoms with van der Waals surface area (Å²) < 4.78 is 11.0. The molecule has 7 heteroatoms. The predicted molar refractivity (Wildman–Crippen MR) is 118 cm³/mol. The molecular formula is C23H30N4O2S. The van der Waals surface area contributed by atoms with Crippen molar-refractivity contribution in [3.05, 3.63) is 41.7 Å². The van der Waals surface area contributed by atoms with Crippen LogP contribution in [0.4, 0.5) is 0 Å². The van der Waals surface area contributed by atoms with Crippen LogP contribution in [0.2, 0.25) is 0 Å². The molecule has 6 nitrogen and oxygen atoms in total. The minimum Gasteiger partial charge on any atom is -0.454 e. The van der Waals surface area contributed by atoms with Gasteiger partial charge in [-0.1, -0.05) is 17.8 Å². The molecule has 0 saturated carbocycles. The van der Waals surface area contributed by atoms with Gasteiger partial charge >= 0.3 is 0 Å². The van der Waals surface area contributed by atoms with Gasteiger partial charge in [-0.25, -0.2) is 9.97 Å². The summed E-state index contributed by atoms with van der Waals surface area (Å²) in [6.45, 7) is 7.10. The number of nitrogens with zero attached hydrogens (tertiary/aromatic N) is 4. The molecule has 2 saturated heterocycles. The molecule has 0 bridgehead atoms. The minimum absolute atomic E-state index is 0.330. The van der Waals surface area contributed by atoms with E-state index in [0.29, 0.717) is 12.7 Å². The van der Waals surface area contributed by atoms with E-state index in [4.69, 9.17) is 14.5 Å². The van der Waals surface area contributed by atoms with Crippen molar-refractivity contribution >= 4 is 11.8 Å². The van der Waals surface area contributed by atoms with E-state index in [0.717, 1.165) is 48.6 Å². The van der Waals surface area contributed by atoms with Gasteiger partial charge in [-0.2, -0.15) is 0 Å². The Morgan fingerprint density at radius 3 is 2.80 bits per heavy atom. The lowest BCUT2D eigenvalue weighted by molar-refractivity contribution is 0.173. The SMILES string of the molecule is c1cc([C@@H]2CCCN(Cc3ccc4c(c3)OCO4)C2)nc(SCCN2CCCC2)n1. The Kier molecular flexibility index (Phi) is 6.39. The Hall–Kier alpha value is -1.83. The molecule has 3 aliphatic heterocycles. The average molecular weight is 427 g/mol. The predicted octanol–water partition coefficient (Wildman–Crippen LogP) is 3.77. The highest BCUT2D eigenvalue weighted by molar-refractivity contribution is 7.99. The Balaban J connectivity index is 1.17. The average Bonchev–Trinajstić information content (AvgIpc) is 3.46. The molecule has 0 N–H and O–H groups in total. The number of rotatable bonds is 7. The molecule has 0 unspecified atom stereocenters. The molecule has 4 heterocycles. The third-order valence-electron chi connectivity index (χ3n) is 6.26. The number of likely N-dealkylation sites (tertiary alicyclic amines) is 2. The van der Waals surface area contributed by atoms with Gasteiger partial charge in [0.05, 0.1) is 0 Å². The first kappa shape index (κ1) is 20.1. The first-order chi connectivity index (χ1) is 14.8. The van der Waals surface area contributed by atoms with Crippen molar-refractivity contribution in [2.24, 2.45) is 0 Å². The van der Waals surface area contributed by atoms with E-state index in [1.165, 1.54) is 50.0 Å². The van der Waals surface area contributed by atoms with Crippen LogP contribution in [0, 0.1) is 0 Å². The first-order valence-electron chi connectivity index (χ1n) is 11.1. The number of fused-ring (bicyclic) bond motifs is 1. The molecule has 0 spiro atoms. The van der Waals surface area contributed by atoms with Crippen molar-refractivity contribution < 1.29 is 9.47 Å². The van der Waals surface area contributed by atoms with E-state index in [9.17, 15) is 0 Å². The van der Waals surface area contributed by atoms with Gasteiger partial charge in [0.15, 0.2) is 16.7 Å². The number of ether oxygens (including phenoxy) is 2. The molecule has 0 amide bonds. The van der Waals surface area contributed by atoms with Crippen LogP contribution < -0.4 is 9.47 Å². The quantitative estimate of drug-likeness (QED) is 0.493. The van der Waals surface area contributed by atoms with E-state index in [2.05, 4.69) is 33.0 Å². The summed E-state index contributed by atoms with van der Waals surface area (Å²) in [6, 6.07) is 8.40. The van der Waals surface area contributed by atoms with Gasteiger partial charge in [-0.05, 0) is 69.1 Å². The van der Waals surface area contributed by atoms with E-state index < -0.39 is 0 Å². The van der Waals surface area contributed by atoms with Crippen molar-refractivity contribution in [2.45, 2.75) is 43.3 Å². The van der Waals surface area contributed by atoms with Gasteiger partial charge in [0.2, 0.25) is 6.79 Å².